The molecule has 2 N–H and O–H groups in total. The molecule has 0 unspecified atom stereocenters. The van der Waals surface area contributed by atoms with Crippen molar-refractivity contribution in [1.82, 2.24) is 19.4 Å². The van der Waals surface area contributed by atoms with E-state index < -0.39 is 24.1 Å². The summed E-state index contributed by atoms with van der Waals surface area (Å²) in [4.78, 5) is 30.1. The van der Waals surface area contributed by atoms with Crippen molar-refractivity contribution in [2.24, 2.45) is 7.05 Å². The minimum absolute atomic E-state index is 0.0424. The van der Waals surface area contributed by atoms with Crippen LogP contribution in [0.15, 0.2) is 12.4 Å². The van der Waals surface area contributed by atoms with Crippen LogP contribution in [0.25, 0.3) is 0 Å². The van der Waals surface area contributed by atoms with E-state index in [1.807, 2.05) is 7.05 Å². The Hall–Kier alpha value is -2.09. The van der Waals surface area contributed by atoms with Gasteiger partial charge in [-0.3, -0.25) is 0 Å². The van der Waals surface area contributed by atoms with Gasteiger partial charge in [0.05, 0.1) is 12.6 Å². The van der Waals surface area contributed by atoms with Gasteiger partial charge in [0.2, 0.25) is 0 Å². The first-order valence-corrected chi connectivity index (χ1v) is 6.29. The highest BCUT2D eigenvalue weighted by atomic mass is 16.4. The molecular formula is C12H18N4O4. The minimum atomic E-state index is -1.10. The van der Waals surface area contributed by atoms with Gasteiger partial charge in [0.25, 0.3) is 0 Å². The zero-order chi connectivity index (χ0) is 14.9. The van der Waals surface area contributed by atoms with E-state index >= 15 is 0 Å². The van der Waals surface area contributed by atoms with Crippen LogP contribution in [0.2, 0.25) is 0 Å². The van der Waals surface area contributed by atoms with Gasteiger partial charge >= 0.3 is 12.0 Å². The third-order valence-corrected chi connectivity index (χ3v) is 3.44. The number of β-amino-alcohol motifs (C(OH)–C–C–N with tert-alkyl or cyclic N) is 1. The maximum Gasteiger partial charge on any atom is 0.326 e. The smallest absolute Gasteiger partial charge is 0.326 e. The predicted octanol–water partition coefficient (Wildman–Crippen LogP) is -0.508. The van der Waals surface area contributed by atoms with E-state index in [0.717, 1.165) is 0 Å². The maximum atomic E-state index is 12.3. The van der Waals surface area contributed by atoms with Crippen molar-refractivity contribution in [3.8, 4) is 0 Å². The second-order valence-electron chi connectivity index (χ2n) is 4.99. The fraction of sp³-hybridized carbons (Fsp3) is 0.583. The molecule has 110 valence electrons. The Balaban J connectivity index is 2.06. The number of carbonyl (C=O) groups excluding carboxylic acids is 1. The first-order chi connectivity index (χ1) is 9.40. The first kappa shape index (κ1) is 14.3. The number of aryl methyl sites for hydroxylation is 1. The van der Waals surface area contributed by atoms with E-state index in [2.05, 4.69) is 4.98 Å². The van der Waals surface area contributed by atoms with Crippen LogP contribution in [0.1, 0.15) is 12.2 Å². The highest BCUT2D eigenvalue weighted by molar-refractivity contribution is 5.83. The summed E-state index contributed by atoms with van der Waals surface area (Å²) >= 11 is 0. The number of imidazole rings is 1. The van der Waals surface area contributed by atoms with Crippen LogP contribution in [0.4, 0.5) is 4.79 Å². The summed E-state index contributed by atoms with van der Waals surface area (Å²) < 4.78 is 1.79. The van der Waals surface area contributed by atoms with E-state index in [4.69, 9.17) is 5.11 Å². The Labute approximate surface area is 116 Å². The summed E-state index contributed by atoms with van der Waals surface area (Å²) in [6, 6.07) is -1.39. The number of carboxylic acids is 1. The van der Waals surface area contributed by atoms with Crippen molar-refractivity contribution in [1.29, 1.82) is 0 Å². The number of aliphatic hydroxyl groups excluding tert-OH is 1. The van der Waals surface area contributed by atoms with Crippen molar-refractivity contribution in [3.05, 3.63) is 18.2 Å². The Morgan fingerprint density at radius 2 is 2.25 bits per heavy atom. The fourth-order valence-electron chi connectivity index (χ4n) is 2.31. The lowest BCUT2D eigenvalue weighted by molar-refractivity contribution is -0.141. The highest BCUT2D eigenvalue weighted by Gasteiger charge is 2.40. The molecule has 0 saturated carbocycles. The van der Waals surface area contributed by atoms with Gasteiger partial charge in [-0.05, 0) is 0 Å². The zero-order valence-electron chi connectivity index (χ0n) is 11.4. The van der Waals surface area contributed by atoms with Gasteiger partial charge in [0.15, 0.2) is 0 Å². The molecule has 8 heteroatoms. The van der Waals surface area contributed by atoms with Gasteiger partial charge in [-0.1, -0.05) is 0 Å². The van der Waals surface area contributed by atoms with E-state index in [1.54, 1.807) is 24.0 Å². The molecule has 1 aromatic rings. The molecule has 8 nitrogen and oxygen atoms in total. The zero-order valence-corrected chi connectivity index (χ0v) is 11.4. The molecule has 2 atom stereocenters. The number of nitrogens with zero attached hydrogens (tertiary/aromatic N) is 4. The van der Waals surface area contributed by atoms with Gasteiger partial charge in [-0.15, -0.1) is 0 Å². The number of hydrogen-bond acceptors (Lipinski definition) is 4. The predicted molar refractivity (Wildman–Crippen MR) is 68.8 cm³/mol. The molecule has 1 fully saturated rings. The van der Waals surface area contributed by atoms with Crippen molar-refractivity contribution < 1.29 is 19.8 Å². The molecule has 1 saturated heterocycles. The number of aliphatic hydroxyl groups is 1. The quantitative estimate of drug-likeness (QED) is 0.778. The number of hydrogen-bond donors (Lipinski definition) is 2. The molecule has 0 bridgehead atoms. The molecule has 2 amide bonds. The molecule has 20 heavy (non-hydrogen) atoms. The number of urea groups is 1. The van der Waals surface area contributed by atoms with Gasteiger partial charge in [0, 0.05) is 39.5 Å². The fourth-order valence-corrected chi connectivity index (χ4v) is 2.31. The second-order valence-corrected chi connectivity index (χ2v) is 4.99. The summed E-state index contributed by atoms with van der Waals surface area (Å²) in [5.41, 5.74) is 0. The summed E-state index contributed by atoms with van der Waals surface area (Å²) in [6.07, 6.45) is 2.68. The minimum Gasteiger partial charge on any atom is -0.480 e. The summed E-state index contributed by atoms with van der Waals surface area (Å²) in [6.45, 7) is 0.321. The summed E-state index contributed by atoms with van der Waals surface area (Å²) in [7, 11) is 3.40. The lowest BCUT2D eigenvalue weighted by Crippen LogP contribution is -2.46. The van der Waals surface area contributed by atoms with Crippen LogP contribution in [-0.2, 0) is 18.4 Å². The second kappa shape index (κ2) is 5.49. The normalized spacial score (nSPS) is 22.1. The van der Waals surface area contributed by atoms with Crippen LogP contribution in [0.3, 0.4) is 0 Å². The van der Waals surface area contributed by atoms with E-state index in [9.17, 15) is 14.7 Å². The van der Waals surface area contributed by atoms with Gasteiger partial charge in [0.1, 0.15) is 11.9 Å². The number of rotatable bonds is 3. The van der Waals surface area contributed by atoms with Crippen molar-refractivity contribution in [3.63, 3.8) is 0 Å². The Kier molecular flexibility index (Phi) is 3.93. The monoisotopic (exact) mass is 282 g/mol. The molecule has 0 aromatic carbocycles. The molecule has 0 radical (unpaired) electrons. The van der Waals surface area contributed by atoms with Crippen molar-refractivity contribution in [2.45, 2.75) is 25.1 Å². The number of aliphatic carboxylic acids is 1. The average molecular weight is 282 g/mol. The lowest BCUT2D eigenvalue weighted by Gasteiger charge is -2.27. The molecule has 1 aliphatic heterocycles. The molecule has 2 heterocycles. The van der Waals surface area contributed by atoms with Crippen molar-refractivity contribution >= 4 is 12.0 Å². The molecule has 0 spiro atoms. The lowest BCUT2D eigenvalue weighted by atomic mass is 10.2. The largest absolute Gasteiger partial charge is 0.480 e. The van der Waals surface area contributed by atoms with Gasteiger partial charge in [-0.2, -0.15) is 0 Å². The van der Waals surface area contributed by atoms with Crippen LogP contribution < -0.4 is 0 Å². The molecule has 0 aliphatic carbocycles. The summed E-state index contributed by atoms with van der Waals surface area (Å²) in [5, 5.41) is 18.7. The third-order valence-electron chi connectivity index (χ3n) is 3.44. The SMILES string of the molecule is CN(Cc1nccn1C)C(=O)N1C[C@H](O)C[C@@H]1C(=O)O. The number of carboxylic acid groups (broad SMARTS) is 1. The molecule has 1 aromatic heterocycles. The average Bonchev–Trinajstić information content (AvgIpc) is 2.95. The summed E-state index contributed by atoms with van der Waals surface area (Å²) in [5.74, 6) is -0.396. The van der Waals surface area contributed by atoms with E-state index in [0.29, 0.717) is 5.82 Å². The van der Waals surface area contributed by atoms with Gasteiger partial charge in [-0.25, -0.2) is 14.6 Å². The number of likely N-dealkylation sites (tertiary alicyclic amines) is 1. The topological polar surface area (TPSA) is 98.9 Å². The molecule has 1 aliphatic rings. The molecule has 2 rings (SSSR count). The maximum absolute atomic E-state index is 12.3. The number of aromatic nitrogens is 2. The van der Waals surface area contributed by atoms with Gasteiger partial charge < -0.3 is 24.6 Å². The van der Waals surface area contributed by atoms with E-state index in [1.165, 1.54) is 9.80 Å². The van der Waals surface area contributed by atoms with Crippen LogP contribution in [0, 0.1) is 0 Å². The van der Waals surface area contributed by atoms with Crippen LogP contribution in [0.5, 0.6) is 0 Å². The molecular weight excluding hydrogens is 264 g/mol. The Morgan fingerprint density at radius 1 is 1.55 bits per heavy atom. The Morgan fingerprint density at radius 3 is 2.80 bits per heavy atom. The van der Waals surface area contributed by atoms with E-state index in [-0.39, 0.29) is 19.5 Å². The Bertz CT molecular complexity index is 515. The van der Waals surface area contributed by atoms with Crippen molar-refractivity contribution in [2.75, 3.05) is 13.6 Å². The number of amides is 2. The van der Waals surface area contributed by atoms with Crippen LogP contribution >= 0.6 is 0 Å². The standard InChI is InChI=1S/C12H18N4O4/c1-14-4-3-13-10(14)7-15(2)12(20)16-6-8(17)5-9(16)11(18)19/h3-4,8-9,17H,5-7H2,1-2H3,(H,18,19)/t8-,9-/m1/s1. The third kappa shape index (κ3) is 2.74. The highest BCUT2D eigenvalue weighted by Crippen LogP contribution is 2.20. The number of carbonyl (C=O) groups is 2. The van der Waals surface area contributed by atoms with Crippen LogP contribution in [-0.4, -0.2) is 67.3 Å². The first-order valence-electron chi connectivity index (χ1n) is 6.29.